The Morgan fingerprint density at radius 1 is 1.36 bits per heavy atom. The van der Waals surface area contributed by atoms with E-state index in [0.717, 1.165) is 16.8 Å². The average molecular weight is 167 g/mol. The molecule has 4 heteroatoms. The van der Waals surface area contributed by atoms with E-state index in [1.807, 2.05) is 30.3 Å². The van der Waals surface area contributed by atoms with Crippen LogP contribution in [0.2, 0.25) is 0 Å². The molecule has 2 N–H and O–H groups in total. The molecule has 0 bridgehead atoms. The van der Waals surface area contributed by atoms with Gasteiger partial charge in [0, 0.05) is 4.90 Å². The highest BCUT2D eigenvalue weighted by Gasteiger charge is 1.93. The van der Waals surface area contributed by atoms with Gasteiger partial charge < -0.3 is 0 Å². The molecule has 1 rings (SSSR count). The number of nitrogens with one attached hydrogen (secondary N) is 2. The Morgan fingerprint density at radius 3 is 2.55 bits per heavy atom. The van der Waals surface area contributed by atoms with E-state index in [9.17, 15) is 4.79 Å². The number of amides is 2. The van der Waals surface area contributed by atoms with Gasteiger partial charge in [0.05, 0.1) is 0 Å². The summed E-state index contributed by atoms with van der Waals surface area (Å²) in [7, 11) is 0. The molecule has 0 fully saturated rings. The first-order valence-corrected chi connectivity index (χ1v) is 3.84. The van der Waals surface area contributed by atoms with Crippen LogP contribution in [0.25, 0.3) is 0 Å². The highest BCUT2D eigenvalue weighted by molar-refractivity contribution is 7.98. The Morgan fingerprint density at radius 2 is 2.00 bits per heavy atom. The van der Waals surface area contributed by atoms with Gasteiger partial charge in [0.2, 0.25) is 0 Å². The summed E-state index contributed by atoms with van der Waals surface area (Å²) in [5.74, 6) is 0. The number of hydrogen-bond donors (Lipinski definition) is 1. The van der Waals surface area contributed by atoms with Crippen molar-refractivity contribution in [2.24, 2.45) is 0 Å². The average Bonchev–Trinajstić information content (AvgIpc) is 2.03. The van der Waals surface area contributed by atoms with Crippen LogP contribution >= 0.6 is 11.9 Å². The molecule has 0 atom stereocenters. The minimum Gasteiger partial charge on any atom is -0.276 e. The van der Waals surface area contributed by atoms with Gasteiger partial charge >= 0.3 is 6.03 Å². The van der Waals surface area contributed by atoms with Gasteiger partial charge in [0.1, 0.15) is 0 Å². The van der Waals surface area contributed by atoms with E-state index in [2.05, 4.69) is 4.72 Å². The molecule has 0 aliphatic carbocycles. The Balaban J connectivity index is 2.45. The Hall–Kier alpha value is -1.16. The lowest BCUT2D eigenvalue weighted by molar-refractivity contribution is 0.253. The molecular weight excluding hydrogens is 160 g/mol. The molecule has 0 aliphatic rings. The largest absolute Gasteiger partial charge is 0.343 e. The summed E-state index contributed by atoms with van der Waals surface area (Å²) in [6, 6.07) is 8.59. The van der Waals surface area contributed by atoms with Gasteiger partial charge in [-0.15, -0.1) is 0 Å². The van der Waals surface area contributed by atoms with E-state index in [0.29, 0.717) is 0 Å². The molecule has 1 aromatic rings. The van der Waals surface area contributed by atoms with Crippen molar-refractivity contribution in [3.63, 3.8) is 0 Å². The zero-order valence-corrected chi connectivity index (χ0v) is 6.52. The molecule has 2 amide bonds. The van der Waals surface area contributed by atoms with Gasteiger partial charge in [-0.2, -0.15) is 0 Å². The third kappa shape index (κ3) is 2.95. The van der Waals surface area contributed by atoms with Gasteiger partial charge in [0.15, 0.2) is 0 Å². The van der Waals surface area contributed by atoms with Crippen molar-refractivity contribution in [1.82, 2.24) is 10.5 Å². The molecule has 0 unspecified atom stereocenters. The van der Waals surface area contributed by atoms with Crippen molar-refractivity contribution >= 4 is 18.0 Å². The second-order valence-corrected chi connectivity index (χ2v) is 2.73. The third-order valence-electron chi connectivity index (χ3n) is 1.00. The molecule has 1 aromatic carbocycles. The van der Waals surface area contributed by atoms with E-state index in [1.54, 1.807) is 0 Å². The third-order valence-corrected chi connectivity index (χ3v) is 1.80. The van der Waals surface area contributed by atoms with Gasteiger partial charge in [-0.05, 0) is 24.1 Å². The lowest BCUT2D eigenvalue weighted by atomic mass is 10.4. The van der Waals surface area contributed by atoms with Crippen LogP contribution in [0, 0.1) is 0 Å². The molecule has 0 saturated carbocycles. The summed E-state index contributed by atoms with van der Waals surface area (Å²) in [5.41, 5.74) is 6.56. The van der Waals surface area contributed by atoms with E-state index in [-0.39, 0.29) is 0 Å². The molecule has 0 saturated heterocycles. The van der Waals surface area contributed by atoms with Crippen molar-refractivity contribution in [2.75, 3.05) is 0 Å². The first-order valence-electron chi connectivity index (χ1n) is 3.02. The summed E-state index contributed by atoms with van der Waals surface area (Å²) >= 11 is 1.14. The van der Waals surface area contributed by atoms with Crippen LogP contribution in [0.1, 0.15) is 0 Å². The summed E-state index contributed by atoms with van der Waals surface area (Å²) < 4.78 is 2.31. The summed E-state index contributed by atoms with van der Waals surface area (Å²) in [6.45, 7) is 0. The Kier molecular flexibility index (Phi) is 2.80. The Bertz CT molecular complexity index is 237. The SMILES string of the molecule is [NH]C(=O)NSc1ccccc1. The minimum absolute atomic E-state index is 0.779. The molecule has 0 spiro atoms. The molecule has 11 heavy (non-hydrogen) atoms. The summed E-state index contributed by atoms with van der Waals surface area (Å²) in [4.78, 5) is 11.1. The Labute approximate surface area is 69.1 Å². The van der Waals surface area contributed by atoms with Gasteiger partial charge in [-0.25, -0.2) is 10.5 Å². The highest BCUT2D eigenvalue weighted by atomic mass is 32.2. The van der Waals surface area contributed by atoms with Crippen LogP contribution in [0.3, 0.4) is 0 Å². The first-order chi connectivity index (χ1) is 5.29. The monoisotopic (exact) mass is 167 g/mol. The van der Waals surface area contributed by atoms with Crippen LogP contribution in [0.15, 0.2) is 35.2 Å². The second kappa shape index (κ2) is 3.88. The molecular formula is C7H7N2OS. The van der Waals surface area contributed by atoms with Gasteiger partial charge in [-0.3, -0.25) is 4.72 Å². The maximum Gasteiger partial charge on any atom is 0.343 e. The number of rotatable bonds is 2. The van der Waals surface area contributed by atoms with Gasteiger partial charge in [0.25, 0.3) is 0 Å². The molecule has 1 radical (unpaired) electrons. The number of urea groups is 1. The maximum absolute atomic E-state index is 10.2. The maximum atomic E-state index is 10.2. The lowest BCUT2D eigenvalue weighted by Crippen LogP contribution is -2.13. The van der Waals surface area contributed by atoms with Crippen LogP contribution in [0.4, 0.5) is 4.79 Å². The van der Waals surface area contributed by atoms with Gasteiger partial charge in [-0.1, -0.05) is 18.2 Å². The van der Waals surface area contributed by atoms with Crippen molar-refractivity contribution in [2.45, 2.75) is 4.90 Å². The molecule has 0 aromatic heterocycles. The van der Waals surface area contributed by atoms with E-state index < -0.39 is 6.03 Å². The lowest BCUT2D eigenvalue weighted by Gasteiger charge is -1.97. The van der Waals surface area contributed by atoms with Crippen LogP contribution in [0.5, 0.6) is 0 Å². The zero-order chi connectivity index (χ0) is 8.10. The molecule has 3 nitrogen and oxygen atoms in total. The zero-order valence-electron chi connectivity index (χ0n) is 5.70. The fourth-order valence-electron chi connectivity index (χ4n) is 0.594. The van der Waals surface area contributed by atoms with E-state index in [1.165, 1.54) is 0 Å². The van der Waals surface area contributed by atoms with Crippen LogP contribution in [-0.2, 0) is 0 Å². The van der Waals surface area contributed by atoms with Crippen molar-refractivity contribution in [1.29, 1.82) is 0 Å². The summed E-state index contributed by atoms with van der Waals surface area (Å²) in [6.07, 6.45) is 0. The van der Waals surface area contributed by atoms with E-state index >= 15 is 0 Å². The minimum atomic E-state index is -0.779. The fourth-order valence-corrected chi connectivity index (χ4v) is 1.10. The van der Waals surface area contributed by atoms with Crippen molar-refractivity contribution < 1.29 is 4.79 Å². The number of carbonyl (C=O) groups excluding carboxylic acids is 1. The number of hydrogen-bond acceptors (Lipinski definition) is 2. The van der Waals surface area contributed by atoms with Crippen LogP contribution in [-0.4, -0.2) is 6.03 Å². The molecule has 0 aliphatic heterocycles. The van der Waals surface area contributed by atoms with Crippen molar-refractivity contribution in [3.8, 4) is 0 Å². The molecule has 57 valence electrons. The molecule has 0 heterocycles. The number of carbonyl (C=O) groups is 1. The highest BCUT2D eigenvalue weighted by Crippen LogP contribution is 2.12. The fraction of sp³-hybridized carbons (Fsp3) is 0. The summed E-state index contributed by atoms with van der Waals surface area (Å²) in [5, 5.41) is 0. The topological polar surface area (TPSA) is 52.9 Å². The van der Waals surface area contributed by atoms with E-state index in [4.69, 9.17) is 5.73 Å². The quantitative estimate of drug-likeness (QED) is 0.681. The standard InChI is InChI=1S/C7H7N2OS/c8-7(10)9-11-6-4-2-1-3-5-6/h1-5,8H,(H,9,10). The predicted octanol–water partition coefficient (Wildman–Crippen LogP) is 1.69. The normalized spacial score (nSPS) is 9.09. The number of benzene rings is 1. The first kappa shape index (κ1) is 7.94. The second-order valence-electron chi connectivity index (χ2n) is 1.85. The smallest absolute Gasteiger partial charge is 0.276 e. The van der Waals surface area contributed by atoms with Crippen LogP contribution < -0.4 is 10.5 Å². The predicted molar refractivity (Wildman–Crippen MR) is 43.9 cm³/mol. The van der Waals surface area contributed by atoms with Crippen molar-refractivity contribution in [3.05, 3.63) is 30.3 Å².